The maximum absolute atomic E-state index is 4.43. The monoisotopic (exact) mass is 334 g/mol. The van der Waals surface area contributed by atoms with Crippen LogP contribution in [-0.4, -0.2) is 25.2 Å². The van der Waals surface area contributed by atoms with Crippen LogP contribution in [0.1, 0.15) is 41.4 Å². The van der Waals surface area contributed by atoms with Crippen molar-refractivity contribution in [1.29, 1.82) is 0 Å². The SMILES string of the molecule is Cc1cc(CNc2ccc(C)c(-c3nnnn3C3CC3)c2)cc(C)n1. The third kappa shape index (κ3) is 3.38. The van der Waals surface area contributed by atoms with Gasteiger partial charge in [-0.1, -0.05) is 6.07 Å². The molecule has 3 aromatic rings. The first kappa shape index (κ1) is 15.7. The van der Waals surface area contributed by atoms with Gasteiger partial charge in [-0.3, -0.25) is 4.98 Å². The van der Waals surface area contributed by atoms with Crippen molar-refractivity contribution in [2.75, 3.05) is 5.32 Å². The van der Waals surface area contributed by atoms with Crippen LogP contribution in [0.5, 0.6) is 0 Å². The predicted molar refractivity (Wildman–Crippen MR) is 97.3 cm³/mol. The van der Waals surface area contributed by atoms with Crippen LogP contribution in [-0.2, 0) is 6.54 Å². The van der Waals surface area contributed by atoms with E-state index < -0.39 is 0 Å². The quantitative estimate of drug-likeness (QED) is 0.772. The highest BCUT2D eigenvalue weighted by atomic mass is 15.6. The van der Waals surface area contributed by atoms with Gasteiger partial charge in [-0.15, -0.1) is 5.10 Å². The molecule has 128 valence electrons. The minimum absolute atomic E-state index is 0.462. The number of benzene rings is 1. The molecule has 0 amide bonds. The van der Waals surface area contributed by atoms with E-state index in [0.29, 0.717) is 6.04 Å². The van der Waals surface area contributed by atoms with E-state index in [1.165, 1.54) is 11.1 Å². The Kier molecular flexibility index (Phi) is 3.95. The summed E-state index contributed by atoms with van der Waals surface area (Å²) in [4.78, 5) is 4.43. The molecule has 0 unspecified atom stereocenters. The Hall–Kier alpha value is -2.76. The van der Waals surface area contributed by atoms with Crippen LogP contribution >= 0.6 is 0 Å². The fourth-order valence-electron chi connectivity index (χ4n) is 3.14. The summed E-state index contributed by atoms with van der Waals surface area (Å²) in [7, 11) is 0. The topological polar surface area (TPSA) is 68.5 Å². The molecule has 0 bridgehead atoms. The molecule has 1 N–H and O–H groups in total. The number of hydrogen-bond donors (Lipinski definition) is 1. The molecular weight excluding hydrogens is 312 g/mol. The minimum atomic E-state index is 0.462. The highest BCUT2D eigenvalue weighted by Gasteiger charge is 2.28. The zero-order valence-electron chi connectivity index (χ0n) is 14.8. The molecule has 2 aromatic heterocycles. The number of aromatic nitrogens is 5. The zero-order valence-corrected chi connectivity index (χ0v) is 14.8. The maximum atomic E-state index is 4.43. The average molecular weight is 334 g/mol. The number of rotatable bonds is 5. The van der Waals surface area contributed by atoms with Crippen molar-refractivity contribution in [3.8, 4) is 11.4 Å². The number of nitrogens with zero attached hydrogens (tertiary/aromatic N) is 5. The first-order chi connectivity index (χ1) is 12.1. The Bertz CT molecular complexity index is 890. The third-order valence-corrected chi connectivity index (χ3v) is 4.50. The number of aryl methyl sites for hydroxylation is 3. The fraction of sp³-hybridized carbons (Fsp3) is 0.368. The molecule has 6 nitrogen and oxygen atoms in total. The van der Waals surface area contributed by atoms with Crippen molar-refractivity contribution in [3.63, 3.8) is 0 Å². The summed E-state index contributed by atoms with van der Waals surface area (Å²) in [6, 6.07) is 11.0. The smallest absolute Gasteiger partial charge is 0.182 e. The average Bonchev–Trinajstić information content (AvgIpc) is 3.30. The molecule has 0 atom stereocenters. The Balaban J connectivity index is 1.58. The second-order valence-electron chi connectivity index (χ2n) is 6.82. The van der Waals surface area contributed by atoms with Gasteiger partial charge >= 0.3 is 0 Å². The second-order valence-corrected chi connectivity index (χ2v) is 6.82. The molecule has 0 saturated heterocycles. The summed E-state index contributed by atoms with van der Waals surface area (Å²) < 4.78 is 1.96. The van der Waals surface area contributed by atoms with Gasteiger partial charge in [0, 0.05) is 29.2 Å². The summed E-state index contributed by atoms with van der Waals surface area (Å²) in [5, 5.41) is 15.8. The van der Waals surface area contributed by atoms with Crippen LogP contribution < -0.4 is 5.32 Å². The second kappa shape index (κ2) is 6.27. The van der Waals surface area contributed by atoms with E-state index in [2.05, 4.69) is 63.1 Å². The van der Waals surface area contributed by atoms with E-state index in [0.717, 1.165) is 47.8 Å². The van der Waals surface area contributed by atoms with Crippen LogP contribution in [0.4, 0.5) is 5.69 Å². The number of anilines is 1. The van der Waals surface area contributed by atoms with E-state index in [-0.39, 0.29) is 0 Å². The number of tetrazole rings is 1. The highest BCUT2D eigenvalue weighted by molar-refractivity contribution is 5.66. The van der Waals surface area contributed by atoms with E-state index in [1.807, 2.05) is 18.5 Å². The molecule has 0 radical (unpaired) electrons. The largest absolute Gasteiger partial charge is 0.381 e. The number of nitrogens with one attached hydrogen (secondary N) is 1. The summed E-state index contributed by atoms with van der Waals surface area (Å²) >= 11 is 0. The lowest BCUT2D eigenvalue weighted by atomic mass is 10.1. The first-order valence-electron chi connectivity index (χ1n) is 8.67. The van der Waals surface area contributed by atoms with Crippen molar-refractivity contribution in [2.45, 2.75) is 46.2 Å². The predicted octanol–water partition coefficient (Wildman–Crippen LogP) is 3.61. The van der Waals surface area contributed by atoms with Crippen molar-refractivity contribution in [1.82, 2.24) is 25.2 Å². The number of hydrogen-bond acceptors (Lipinski definition) is 5. The van der Waals surface area contributed by atoms with E-state index in [9.17, 15) is 0 Å². The van der Waals surface area contributed by atoms with Crippen LogP contribution in [0.2, 0.25) is 0 Å². The minimum Gasteiger partial charge on any atom is -0.381 e. The van der Waals surface area contributed by atoms with Crippen molar-refractivity contribution < 1.29 is 0 Å². The molecule has 25 heavy (non-hydrogen) atoms. The summed E-state index contributed by atoms with van der Waals surface area (Å²) in [5.41, 5.74) is 6.66. The van der Waals surface area contributed by atoms with Gasteiger partial charge in [0.1, 0.15) is 0 Å². The van der Waals surface area contributed by atoms with Gasteiger partial charge in [0.05, 0.1) is 6.04 Å². The molecule has 6 heteroatoms. The van der Waals surface area contributed by atoms with Gasteiger partial charge in [0.15, 0.2) is 5.82 Å². The van der Waals surface area contributed by atoms with Crippen LogP contribution in [0.15, 0.2) is 30.3 Å². The lowest BCUT2D eigenvalue weighted by Crippen LogP contribution is -2.03. The van der Waals surface area contributed by atoms with E-state index >= 15 is 0 Å². The van der Waals surface area contributed by atoms with Crippen LogP contribution in [0.25, 0.3) is 11.4 Å². The van der Waals surface area contributed by atoms with E-state index in [1.54, 1.807) is 0 Å². The first-order valence-corrected chi connectivity index (χ1v) is 8.67. The maximum Gasteiger partial charge on any atom is 0.182 e. The van der Waals surface area contributed by atoms with Crippen molar-refractivity contribution in [3.05, 3.63) is 52.8 Å². The number of pyridine rings is 1. The van der Waals surface area contributed by atoms with Crippen LogP contribution in [0.3, 0.4) is 0 Å². The summed E-state index contributed by atoms with van der Waals surface area (Å²) in [5.74, 6) is 0.860. The van der Waals surface area contributed by atoms with Gasteiger partial charge in [-0.05, 0) is 79.4 Å². The fourth-order valence-corrected chi connectivity index (χ4v) is 3.14. The Labute approximate surface area is 147 Å². The van der Waals surface area contributed by atoms with Gasteiger partial charge in [0.2, 0.25) is 0 Å². The van der Waals surface area contributed by atoms with Gasteiger partial charge < -0.3 is 5.32 Å². The molecule has 1 saturated carbocycles. The molecule has 1 aromatic carbocycles. The van der Waals surface area contributed by atoms with Crippen LogP contribution in [0, 0.1) is 20.8 Å². The molecule has 2 heterocycles. The molecule has 1 aliphatic carbocycles. The van der Waals surface area contributed by atoms with Gasteiger partial charge in [-0.2, -0.15) is 0 Å². The molecule has 1 fully saturated rings. The molecule has 0 aliphatic heterocycles. The Morgan fingerprint density at radius 1 is 1.08 bits per heavy atom. The summed E-state index contributed by atoms with van der Waals surface area (Å²) in [6.07, 6.45) is 2.32. The van der Waals surface area contributed by atoms with Gasteiger partial charge in [0.25, 0.3) is 0 Å². The Morgan fingerprint density at radius 2 is 1.84 bits per heavy atom. The highest BCUT2D eigenvalue weighted by Crippen LogP contribution is 2.37. The standard InChI is InChI=1S/C19H22N6/c1-12-4-5-16(20-11-15-8-13(2)21-14(3)9-15)10-18(12)19-22-23-24-25(19)17-6-7-17/h4-5,8-10,17,20H,6-7,11H2,1-3H3. The van der Waals surface area contributed by atoms with Gasteiger partial charge in [-0.25, -0.2) is 4.68 Å². The normalized spacial score (nSPS) is 13.9. The molecule has 4 rings (SSSR count). The summed E-state index contributed by atoms with van der Waals surface area (Å²) in [6.45, 7) is 6.91. The lowest BCUT2D eigenvalue weighted by Gasteiger charge is -2.12. The van der Waals surface area contributed by atoms with E-state index in [4.69, 9.17) is 0 Å². The Morgan fingerprint density at radius 3 is 2.56 bits per heavy atom. The van der Waals surface area contributed by atoms with Crippen molar-refractivity contribution in [2.24, 2.45) is 0 Å². The molecule has 1 aliphatic rings. The van der Waals surface area contributed by atoms with Crippen molar-refractivity contribution >= 4 is 5.69 Å². The zero-order chi connectivity index (χ0) is 17.4. The molecule has 0 spiro atoms. The third-order valence-electron chi connectivity index (χ3n) is 4.50. The molecular formula is C19H22N6. The lowest BCUT2D eigenvalue weighted by molar-refractivity contribution is 0.615.